The van der Waals surface area contributed by atoms with Crippen molar-refractivity contribution in [3.05, 3.63) is 58.1 Å². The first kappa shape index (κ1) is 26.9. The lowest BCUT2D eigenvalue weighted by atomic mass is 9.44. The Morgan fingerprint density at radius 2 is 2.05 bits per heavy atom. The summed E-state index contributed by atoms with van der Waals surface area (Å²) in [7, 11) is 0. The molecule has 3 fully saturated rings. The number of aliphatic hydroxyl groups is 1. The van der Waals surface area contributed by atoms with E-state index in [9.17, 15) is 9.90 Å². The van der Waals surface area contributed by atoms with Crippen molar-refractivity contribution in [3.8, 4) is 0 Å². The Balaban J connectivity index is 1.39. The third kappa shape index (κ3) is 4.02. The Bertz CT molecular complexity index is 1160. The molecule has 5 rings (SSSR count). The number of Topliss-reactive ketones (excluding diaryl/α,β-unsaturated/α-hetero) is 1. The second-order valence-electron chi connectivity index (χ2n) is 12.5. The zero-order valence-electron chi connectivity index (χ0n) is 23.0. The minimum atomic E-state index is -0.420. The number of hydrogen-bond acceptors (Lipinski definition) is 4. The minimum Gasteiger partial charge on any atom is -0.393 e. The van der Waals surface area contributed by atoms with Crippen LogP contribution in [0.25, 0.3) is 0 Å². The predicted octanol–water partition coefficient (Wildman–Crippen LogP) is 7.65. The van der Waals surface area contributed by atoms with E-state index in [4.69, 9.17) is 4.84 Å². The van der Waals surface area contributed by atoms with Crippen LogP contribution in [0.2, 0.25) is 0 Å². The van der Waals surface area contributed by atoms with E-state index in [-0.39, 0.29) is 22.2 Å². The van der Waals surface area contributed by atoms with Crippen LogP contribution >= 0.6 is 15.9 Å². The van der Waals surface area contributed by atoms with E-state index in [0.29, 0.717) is 36.6 Å². The van der Waals surface area contributed by atoms with Gasteiger partial charge in [-0.3, -0.25) is 4.79 Å². The second kappa shape index (κ2) is 9.79. The normalized spacial score (nSPS) is 41.5. The molecule has 0 spiro atoms. The minimum absolute atomic E-state index is 0.141. The van der Waals surface area contributed by atoms with Crippen molar-refractivity contribution in [3.63, 3.8) is 0 Å². The van der Waals surface area contributed by atoms with E-state index in [1.165, 1.54) is 5.57 Å². The first-order chi connectivity index (χ1) is 17.6. The maximum Gasteiger partial charge on any atom is 0.142 e. The van der Waals surface area contributed by atoms with Gasteiger partial charge in [0.15, 0.2) is 0 Å². The molecular weight excluding hydrogens is 526 g/mol. The number of ketones is 1. The van der Waals surface area contributed by atoms with E-state index in [2.05, 4.69) is 67.0 Å². The highest BCUT2D eigenvalue weighted by molar-refractivity contribution is 9.10. The molecule has 8 atom stereocenters. The van der Waals surface area contributed by atoms with Crippen LogP contribution in [-0.2, 0) is 16.2 Å². The lowest BCUT2D eigenvalue weighted by Gasteiger charge is -2.60. The molecule has 1 unspecified atom stereocenters. The van der Waals surface area contributed by atoms with Crippen molar-refractivity contribution >= 4 is 27.4 Å². The van der Waals surface area contributed by atoms with E-state index in [1.54, 1.807) is 0 Å². The molecule has 0 bridgehead atoms. The number of benzene rings is 1. The van der Waals surface area contributed by atoms with Crippen LogP contribution in [-0.4, -0.2) is 22.7 Å². The molecule has 4 nitrogen and oxygen atoms in total. The van der Waals surface area contributed by atoms with Crippen LogP contribution < -0.4 is 0 Å². The maximum absolute atomic E-state index is 13.5. The summed E-state index contributed by atoms with van der Waals surface area (Å²) in [5.41, 5.74) is 2.61. The van der Waals surface area contributed by atoms with E-state index in [1.807, 2.05) is 31.2 Å². The maximum atomic E-state index is 13.5. The third-order valence-electron chi connectivity index (χ3n) is 11.0. The van der Waals surface area contributed by atoms with Gasteiger partial charge in [-0.15, -0.1) is 0 Å². The van der Waals surface area contributed by atoms with Gasteiger partial charge in [0.2, 0.25) is 0 Å². The average Bonchev–Trinajstić information content (AvgIpc) is 3.09. The number of oxime groups is 1. The fraction of sp³-hybridized carbons (Fsp3) is 0.625. The van der Waals surface area contributed by atoms with E-state index in [0.717, 1.165) is 47.9 Å². The highest BCUT2D eigenvalue weighted by atomic mass is 79.9. The van der Waals surface area contributed by atoms with E-state index < -0.39 is 6.10 Å². The largest absolute Gasteiger partial charge is 0.393 e. The van der Waals surface area contributed by atoms with Gasteiger partial charge in [-0.05, 0) is 85.1 Å². The number of carbonyl (C=O) groups excluding carboxylic acids is 1. The second-order valence-corrected chi connectivity index (χ2v) is 13.4. The predicted molar refractivity (Wildman–Crippen MR) is 152 cm³/mol. The monoisotopic (exact) mass is 567 g/mol. The number of fused-ring (bicyclic) bond motifs is 5. The molecule has 0 amide bonds. The average molecular weight is 569 g/mol. The Morgan fingerprint density at radius 1 is 1.27 bits per heavy atom. The quantitative estimate of drug-likeness (QED) is 0.359. The molecule has 0 saturated heterocycles. The van der Waals surface area contributed by atoms with Crippen molar-refractivity contribution in [1.82, 2.24) is 0 Å². The van der Waals surface area contributed by atoms with Crippen LogP contribution in [0.5, 0.6) is 0 Å². The van der Waals surface area contributed by atoms with Crippen LogP contribution in [0.3, 0.4) is 0 Å². The number of rotatable bonds is 6. The molecule has 5 heteroatoms. The number of aliphatic hydroxyl groups excluding tert-OH is 1. The summed E-state index contributed by atoms with van der Waals surface area (Å²) in [6.07, 6.45) is 11.5. The molecule has 0 radical (unpaired) electrons. The summed E-state index contributed by atoms with van der Waals surface area (Å²) in [4.78, 5) is 19.2. The first-order valence-corrected chi connectivity index (χ1v) is 15.0. The smallest absolute Gasteiger partial charge is 0.142 e. The highest BCUT2D eigenvalue weighted by Crippen LogP contribution is 2.72. The molecule has 3 saturated carbocycles. The van der Waals surface area contributed by atoms with Crippen molar-refractivity contribution in [2.45, 2.75) is 85.9 Å². The van der Waals surface area contributed by atoms with Gasteiger partial charge >= 0.3 is 0 Å². The standard InChI is InChI=1S/C32H42BrNO3/c1-6-28(36)32(7-2)20(3)15-26-25-12-11-22-17-24(34-37-19-21-9-8-10-23(33)16-21)13-14-30(22,4)29(25)27(35)18-31(26,32)5/h8-10,13-14,16-17,20,25-27,29,35H,6-7,11-12,15,18-19H2,1-5H3/b34-24+/t20-,25+,26+,27+,29?,30+,31+,32-/m1/s1. The van der Waals surface area contributed by atoms with Crippen molar-refractivity contribution < 1.29 is 14.7 Å². The summed E-state index contributed by atoms with van der Waals surface area (Å²) in [6, 6.07) is 8.06. The van der Waals surface area contributed by atoms with Gasteiger partial charge in [-0.2, -0.15) is 0 Å². The van der Waals surface area contributed by atoms with Gasteiger partial charge in [-0.1, -0.05) is 79.5 Å². The summed E-state index contributed by atoms with van der Waals surface area (Å²) >= 11 is 3.50. The molecule has 0 aliphatic heterocycles. The molecular formula is C32H42BrNO3. The van der Waals surface area contributed by atoms with Crippen LogP contribution in [0.4, 0.5) is 0 Å². The zero-order chi connectivity index (χ0) is 26.6. The third-order valence-corrected chi connectivity index (χ3v) is 11.5. The van der Waals surface area contributed by atoms with Gasteiger partial charge in [0.1, 0.15) is 18.1 Å². The molecule has 0 aromatic heterocycles. The summed E-state index contributed by atoms with van der Waals surface area (Å²) in [5, 5.41) is 16.2. The highest BCUT2D eigenvalue weighted by Gasteiger charge is 2.69. The summed E-state index contributed by atoms with van der Waals surface area (Å²) in [5.74, 6) is 1.83. The number of hydrogen-bond donors (Lipinski definition) is 1. The number of carbonyl (C=O) groups is 1. The number of halogens is 1. The fourth-order valence-electron chi connectivity index (χ4n) is 9.50. The van der Waals surface area contributed by atoms with E-state index >= 15 is 0 Å². The van der Waals surface area contributed by atoms with Crippen molar-refractivity contribution in [2.75, 3.05) is 0 Å². The molecule has 1 N–H and O–H groups in total. The molecule has 1 aromatic rings. The van der Waals surface area contributed by atoms with Gasteiger partial charge in [0.05, 0.1) is 6.10 Å². The molecule has 4 aliphatic carbocycles. The van der Waals surface area contributed by atoms with Gasteiger partial charge in [-0.25, -0.2) is 0 Å². The van der Waals surface area contributed by atoms with Crippen LogP contribution in [0, 0.1) is 39.9 Å². The Hall–Kier alpha value is -1.72. The van der Waals surface area contributed by atoms with Gasteiger partial charge < -0.3 is 9.94 Å². The zero-order valence-corrected chi connectivity index (χ0v) is 24.6. The fourth-order valence-corrected chi connectivity index (χ4v) is 9.95. The van der Waals surface area contributed by atoms with Crippen molar-refractivity contribution in [2.24, 2.45) is 45.1 Å². The first-order valence-electron chi connectivity index (χ1n) is 14.2. The lowest BCUT2D eigenvalue weighted by Crippen LogP contribution is -2.59. The summed E-state index contributed by atoms with van der Waals surface area (Å²) in [6.45, 7) is 11.6. The molecule has 4 aliphatic rings. The number of allylic oxidation sites excluding steroid dienone is 4. The van der Waals surface area contributed by atoms with Gasteiger partial charge in [0.25, 0.3) is 0 Å². The van der Waals surface area contributed by atoms with Crippen molar-refractivity contribution in [1.29, 1.82) is 0 Å². The topological polar surface area (TPSA) is 58.9 Å². The Morgan fingerprint density at radius 3 is 2.76 bits per heavy atom. The molecule has 200 valence electrons. The van der Waals surface area contributed by atoms with Gasteiger partial charge in [0, 0.05) is 27.6 Å². The number of nitrogens with zero attached hydrogens (tertiary/aromatic N) is 1. The summed E-state index contributed by atoms with van der Waals surface area (Å²) < 4.78 is 1.03. The Labute approximate surface area is 230 Å². The molecule has 1 aromatic carbocycles. The Kier molecular flexibility index (Phi) is 7.11. The van der Waals surface area contributed by atoms with Crippen LogP contribution in [0.1, 0.15) is 78.7 Å². The lowest BCUT2D eigenvalue weighted by molar-refractivity contribution is -0.159. The molecule has 0 heterocycles. The SMILES string of the molecule is CCC(=O)[C@@]1(CC)[C@H](C)C[C@H]2[C@@H]3CCC4=C/C(=N/OCc5cccc(Br)c5)C=C[C@]4(C)C3[C@@H](O)C[C@@]21C. The molecule has 37 heavy (non-hydrogen) atoms. The van der Waals surface area contributed by atoms with Crippen LogP contribution in [0.15, 0.2) is 57.7 Å².